The summed E-state index contributed by atoms with van der Waals surface area (Å²) in [5.41, 5.74) is 1.68. The summed E-state index contributed by atoms with van der Waals surface area (Å²) in [6.07, 6.45) is 0. The lowest BCUT2D eigenvalue weighted by atomic mass is 10.1. The van der Waals surface area contributed by atoms with Crippen molar-refractivity contribution in [2.24, 2.45) is 0 Å². The van der Waals surface area contributed by atoms with Gasteiger partial charge < -0.3 is 0 Å². The number of aromatic nitrogens is 3. The van der Waals surface area contributed by atoms with Crippen molar-refractivity contribution in [2.75, 3.05) is 0 Å². The van der Waals surface area contributed by atoms with Crippen LogP contribution >= 0.6 is 11.3 Å². The predicted octanol–water partition coefficient (Wildman–Crippen LogP) is 3.79. The van der Waals surface area contributed by atoms with Gasteiger partial charge in [-0.05, 0) is 36.4 Å². The van der Waals surface area contributed by atoms with Crippen molar-refractivity contribution in [1.82, 2.24) is 19.4 Å². The first-order valence-corrected chi connectivity index (χ1v) is 10.8. The van der Waals surface area contributed by atoms with Crippen LogP contribution < -0.4 is 5.56 Å². The second-order valence-corrected chi connectivity index (χ2v) is 8.40. The number of hydrogen-bond donors (Lipinski definition) is 0. The molecule has 0 saturated carbocycles. The number of carbonyl (C=O) groups is 2. The van der Waals surface area contributed by atoms with E-state index >= 15 is 0 Å². The van der Waals surface area contributed by atoms with Gasteiger partial charge >= 0.3 is 0 Å². The molecule has 2 aromatic heterocycles. The number of amides is 2. The third-order valence-corrected chi connectivity index (χ3v) is 6.52. The molecule has 2 amide bonds. The molecule has 7 nitrogen and oxygen atoms in total. The zero-order valence-electron chi connectivity index (χ0n) is 16.6. The highest BCUT2D eigenvalue weighted by Gasteiger charge is 2.36. The maximum absolute atomic E-state index is 13.5. The van der Waals surface area contributed by atoms with Crippen molar-refractivity contribution < 1.29 is 9.59 Å². The summed E-state index contributed by atoms with van der Waals surface area (Å²) in [6, 6.07) is 21.3. The van der Waals surface area contributed by atoms with E-state index in [0.29, 0.717) is 27.2 Å². The summed E-state index contributed by atoms with van der Waals surface area (Å²) in [4.78, 5) is 49.7. The van der Waals surface area contributed by atoms with Gasteiger partial charge in [-0.15, -0.1) is 0 Å². The van der Waals surface area contributed by atoms with E-state index in [1.165, 1.54) is 15.9 Å². The molecule has 5 aromatic rings. The van der Waals surface area contributed by atoms with Crippen LogP contribution in [0, 0.1) is 0 Å². The molecule has 3 heterocycles. The smallest absolute Gasteiger partial charge is 0.267 e. The molecular weight excluding hydrogens is 424 g/mol. The Bertz CT molecular complexity index is 1570. The van der Waals surface area contributed by atoms with Gasteiger partial charge in [-0.1, -0.05) is 47.7 Å². The first-order valence-electron chi connectivity index (χ1n) is 9.93. The van der Waals surface area contributed by atoms with E-state index in [2.05, 4.69) is 9.97 Å². The molecule has 0 spiro atoms. The molecule has 0 saturated heterocycles. The van der Waals surface area contributed by atoms with Crippen LogP contribution in [0.2, 0.25) is 0 Å². The Morgan fingerprint density at radius 3 is 2.06 bits per heavy atom. The Balaban J connectivity index is 1.55. The van der Waals surface area contributed by atoms with Crippen LogP contribution in [-0.4, -0.2) is 31.2 Å². The van der Waals surface area contributed by atoms with Crippen LogP contribution in [0.4, 0.5) is 0 Å². The van der Waals surface area contributed by atoms with Crippen molar-refractivity contribution >= 4 is 44.3 Å². The molecule has 6 rings (SSSR count). The minimum atomic E-state index is -0.399. The molecule has 0 fully saturated rings. The second-order valence-electron chi connectivity index (χ2n) is 7.39. The number of thiazole rings is 1. The fourth-order valence-corrected chi connectivity index (χ4v) is 4.95. The topological polar surface area (TPSA) is 85.2 Å². The van der Waals surface area contributed by atoms with Gasteiger partial charge in [-0.3, -0.25) is 19.3 Å². The molecule has 1 aliphatic rings. The Morgan fingerprint density at radius 1 is 0.719 bits per heavy atom. The van der Waals surface area contributed by atoms with E-state index in [4.69, 9.17) is 0 Å². The highest BCUT2D eigenvalue weighted by molar-refractivity contribution is 7.20. The minimum Gasteiger partial charge on any atom is -0.269 e. The fraction of sp³-hybridized carbons (Fsp3) is 0.0417. The average Bonchev–Trinajstić information content (AvgIpc) is 3.34. The number of nitrogens with zero attached hydrogens (tertiary/aromatic N) is 4. The normalized spacial score (nSPS) is 13.3. The van der Waals surface area contributed by atoms with Crippen LogP contribution in [-0.2, 0) is 6.54 Å². The maximum atomic E-state index is 13.5. The lowest BCUT2D eigenvalue weighted by molar-refractivity contribution is 0.0637. The summed E-state index contributed by atoms with van der Waals surface area (Å²) >= 11 is 1.36. The van der Waals surface area contributed by atoms with Gasteiger partial charge in [0.15, 0.2) is 5.13 Å². The number of para-hydroxylation sites is 2. The summed E-state index contributed by atoms with van der Waals surface area (Å²) < 4.78 is 2.34. The SMILES string of the molecule is O=C1c2ccccc2C(=O)N1Cc1nc2ccccc2c(=O)n1-c1nc2ccccc2s1. The van der Waals surface area contributed by atoms with E-state index in [0.717, 1.165) is 15.1 Å². The molecule has 1 aliphatic heterocycles. The van der Waals surface area contributed by atoms with Crippen molar-refractivity contribution in [3.05, 3.63) is 100 Å². The third-order valence-electron chi connectivity index (χ3n) is 5.50. The Hall–Kier alpha value is -4.17. The molecule has 8 heteroatoms. The third kappa shape index (κ3) is 2.70. The van der Waals surface area contributed by atoms with Crippen LogP contribution in [0.3, 0.4) is 0 Å². The fourth-order valence-electron chi connectivity index (χ4n) is 3.96. The molecule has 0 radical (unpaired) electrons. The number of benzene rings is 3. The molecule has 154 valence electrons. The quantitative estimate of drug-likeness (QED) is 0.400. The first kappa shape index (κ1) is 18.6. The van der Waals surface area contributed by atoms with E-state index < -0.39 is 11.8 Å². The average molecular weight is 438 g/mol. The zero-order chi connectivity index (χ0) is 21.8. The van der Waals surface area contributed by atoms with Gasteiger partial charge in [0.1, 0.15) is 5.82 Å². The van der Waals surface area contributed by atoms with Gasteiger partial charge in [0.2, 0.25) is 0 Å². The monoisotopic (exact) mass is 438 g/mol. The van der Waals surface area contributed by atoms with E-state index in [1.54, 1.807) is 48.5 Å². The second kappa shape index (κ2) is 6.93. The molecule has 0 atom stereocenters. The van der Waals surface area contributed by atoms with E-state index in [-0.39, 0.29) is 17.9 Å². The van der Waals surface area contributed by atoms with Gasteiger partial charge in [0, 0.05) is 0 Å². The lowest BCUT2D eigenvalue weighted by Gasteiger charge is -2.17. The number of fused-ring (bicyclic) bond motifs is 3. The largest absolute Gasteiger partial charge is 0.269 e. The number of rotatable bonds is 3. The molecule has 3 aromatic carbocycles. The van der Waals surface area contributed by atoms with Crippen LogP contribution in [0.5, 0.6) is 0 Å². The van der Waals surface area contributed by atoms with Crippen molar-refractivity contribution in [1.29, 1.82) is 0 Å². The molecular formula is C24H14N4O3S. The number of imide groups is 1. The molecule has 0 N–H and O–H groups in total. The van der Waals surface area contributed by atoms with Crippen molar-refractivity contribution in [2.45, 2.75) is 6.54 Å². The van der Waals surface area contributed by atoms with Gasteiger partial charge in [0.25, 0.3) is 17.4 Å². The lowest BCUT2D eigenvalue weighted by Crippen LogP contribution is -2.33. The van der Waals surface area contributed by atoms with Crippen molar-refractivity contribution in [3.63, 3.8) is 0 Å². The number of hydrogen-bond acceptors (Lipinski definition) is 6. The summed E-state index contributed by atoms with van der Waals surface area (Å²) in [5, 5.41) is 0.888. The molecule has 0 bridgehead atoms. The van der Waals surface area contributed by atoms with Crippen molar-refractivity contribution in [3.8, 4) is 5.13 Å². The van der Waals surface area contributed by atoms with Gasteiger partial charge in [0.05, 0.1) is 38.8 Å². The number of carbonyl (C=O) groups excluding carboxylic acids is 2. The Kier molecular flexibility index (Phi) is 4.02. The minimum absolute atomic E-state index is 0.137. The van der Waals surface area contributed by atoms with Gasteiger partial charge in [-0.2, -0.15) is 0 Å². The summed E-state index contributed by atoms with van der Waals surface area (Å²) in [7, 11) is 0. The van der Waals surface area contributed by atoms with Crippen LogP contribution in [0.1, 0.15) is 26.5 Å². The van der Waals surface area contributed by atoms with Crippen LogP contribution in [0.25, 0.3) is 26.3 Å². The predicted molar refractivity (Wildman–Crippen MR) is 121 cm³/mol. The highest BCUT2D eigenvalue weighted by atomic mass is 32.1. The van der Waals surface area contributed by atoms with Gasteiger partial charge in [-0.25, -0.2) is 14.5 Å². The highest BCUT2D eigenvalue weighted by Crippen LogP contribution is 2.27. The zero-order valence-corrected chi connectivity index (χ0v) is 17.4. The van der Waals surface area contributed by atoms with E-state index in [1.807, 2.05) is 24.3 Å². The Morgan fingerprint density at radius 2 is 1.34 bits per heavy atom. The molecule has 0 unspecified atom stereocenters. The maximum Gasteiger partial charge on any atom is 0.267 e. The molecule has 32 heavy (non-hydrogen) atoms. The summed E-state index contributed by atoms with van der Waals surface area (Å²) in [5.74, 6) is -0.519. The van der Waals surface area contributed by atoms with E-state index in [9.17, 15) is 14.4 Å². The Labute approximate surface area is 185 Å². The summed E-state index contributed by atoms with van der Waals surface area (Å²) in [6.45, 7) is -0.137. The molecule has 0 aliphatic carbocycles. The standard InChI is InChI=1S/C24H14N4O3S/c29-21-14-7-1-2-8-15(14)22(30)27(21)13-20-25-17-10-4-3-9-16(17)23(31)28(20)24-26-18-11-5-6-12-19(18)32-24/h1-12H,13H2. The first-order chi connectivity index (χ1) is 15.6. The van der Waals surface area contributed by atoms with Crippen LogP contribution in [0.15, 0.2) is 77.6 Å².